The molecule has 0 spiro atoms. The minimum absolute atomic E-state index is 0.205. The van der Waals surface area contributed by atoms with Gasteiger partial charge in [-0.1, -0.05) is 45.9 Å². The molecule has 1 unspecified atom stereocenters. The lowest BCUT2D eigenvalue weighted by Crippen LogP contribution is -2.11. The first-order chi connectivity index (χ1) is 15.3. The van der Waals surface area contributed by atoms with Gasteiger partial charge >= 0.3 is 0 Å². The first kappa shape index (κ1) is 25.4. The van der Waals surface area contributed by atoms with Crippen molar-refractivity contribution in [1.82, 2.24) is 9.88 Å². The predicted octanol–water partition coefficient (Wildman–Crippen LogP) is 8.39. The van der Waals surface area contributed by atoms with Gasteiger partial charge in [-0.2, -0.15) is 0 Å². The SMILES string of the molecule is C=CN(C)C(=C\CCCC)/C(C)=C/c1nccc(Oc2ccc(C)cc2F)c1C(C)CC. The van der Waals surface area contributed by atoms with Crippen LogP contribution in [0.4, 0.5) is 4.39 Å². The lowest BCUT2D eigenvalue weighted by molar-refractivity contribution is 0.432. The molecule has 0 aliphatic heterocycles. The van der Waals surface area contributed by atoms with E-state index >= 15 is 0 Å². The fourth-order valence-corrected chi connectivity index (χ4v) is 3.58. The summed E-state index contributed by atoms with van der Waals surface area (Å²) in [6.07, 6.45) is 12.1. The highest BCUT2D eigenvalue weighted by Crippen LogP contribution is 2.36. The standard InChI is InChI=1S/C28H37FN2O/c1-8-11-12-13-25(31(7)10-3)22(6)19-24-28(21(5)9-2)27(16-17-30-24)32-26-15-14-20(4)18-23(26)29/h10,13-19,21H,3,8-9,11-12H2,1-2,4-7H3/b22-19+,25-13-. The Hall–Kier alpha value is -2.88. The molecule has 1 atom stereocenters. The van der Waals surface area contributed by atoms with Crippen LogP contribution in [0.5, 0.6) is 11.5 Å². The van der Waals surface area contributed by atoms with E-state index in [-0.39, 0.29) is 17.5 Å². The lowest BCUT2D eigenvalue weighted by atomic mass is 9.94. The van der Waals surface area contributed by atoms with Crippen LogP contribution >= 0.6 is 0 Å². The third-order valence-electron chi connectivity index (χ3n) is 5.70. The summed E-state index contributed by atoms with van der Waals surface area (Å²) >= 11 is 0. The van der Waals surface area contributed by atoms with Gasteiger partial charge in [0.15, 0.2) is 11.6 Å². The number of aryl methyl sites for hydroxylation is 1. The van der Waals surface area contributed by atoms with Gasteiger partial charge in [0.1, 0.15) is 5.75 Å². The highest BCUT2D eigenvalue weighted by molar-refractivity contribution is 5.61. The van der Waals surface area contributed by atoms with Gasteiger partial charge in [0.25, 0.3) is 0 Å². The zero-order chi connectivity index (χ0) is 23.7. The highest BCUT2D eigenvalue weighted by Gasteiger charge is 2.18. The molecule has 2 aromatic rings. The Bertz CT molecular complexity index is 977. The van der Waals surface area contributed by atoms with Gasteiger partial charge in [-0.25, -0.2) is 4.39 Å². The van der Waals surface area contributed by atoms with Crippen LogP contribution < -0.4 is 4.74 Å². The Labute approximate surface area is 193 Å². The van der Waals surface area contributed by atoms with Gasteiger partial charge in [0.05, 0.1) is 5.69 Å². The van der Waals surface area contributed by atoms with E-state index in [0.29, 0.717) is 5.75 Å². The molecule has 0 radical (unpaired) electrons. The number of rotatable bonds is 11. The number of likely N-dealkylation sites (N-methyl/N-ethyl adjacent to an activating group) is 1. The number of nitrogens with zero attached hydrogens (tertiary/aromatic N) is 2. The molecule has 1 aromatic carbocycles. The smallest absolute Gasteiger partial charge is 0.165 e. The van der Waals surface area contributed by atoms with Crippen molar-refractivity contribution in [3.63, 3.8) is 0 Å². The summed E-state index contributed by atoms with van der Waals surface area (Å²) in [6.45, 7) is 14.3. The van der Waals surface area contributed by atoms with Crippen molar-refractivity contribution in [1.29, 1.82) is 0 Å². The number of hydrogen-bond donors (Lipinski definition) is 0. The zero-order valence-electron chi connectivity index (χ0n) is 20.4. The van der Waals surface area contributed by atoms with Crippen LogP contribution in [0.3, 0.4) is 0 Å². The van der Waals surface area contributed by atoms with Gasteiger partial charge in [-0.3, -0.25) is 4.98 Å². The van der Waals surface area contributed by atoms with Crippen molar-refractivity contribution in [2.75, 3.05) is 7.05 Å². The van der Waals surface area contributed by atoms with E-state index in [1.54, 1.807) is 12.3 Å². The molecular weight excluding hydrogens is 399 g/mol. The van der Waals surface area contributed by atoms with Crippen LogP contribution in [0.1, 0.15) is 76.1 Å². The summed E-state index contributed by atoms with van der Waals surface area (Å²) in [5, 5.41) is 0. The minimum atomic E-state index is -0.362. The normalized spacial score (nSPS) is 13.1. The lowest BCUT2D eigenvalue weighted by Gasteiger charge is -2.21. The van der Waals surface area contributed by atoms with Crippen molar-refractivity contribution in [2.24, 2.45) is 0 Å². The Morgan fingerprint density at radius 1 is 1.25 bits per heavy atom. The fraction of sp³-hybridized carbons (Fsp3) is 0.393. The molecular formula is C28H37FN2O. The molecule has 0 saturated carbocycles. The predicted molar refractivity (Wildman–Crippen MR) is 133 cm³/mol. The Morgan fingerprint density at radius 2 is 2.00 bits per heavy atom. The quantitative estimate of drug-likeness (QED) is 0.261. The molecule has 0 aliphatic rings. The van der Waals surface area contributed by atoms with E-state index in [2.05, 4.69) is 51.4 Å². The molecule has 1 heterocycles. The first-order valence-electron chi connectivity index (χ1n) is 11.5. The van der Waals surface area contributed by atoms with Crippen LogP contribution in [-0.4, -0.2) is 16.9 Å². The Morgan fingerprint density at radius 3 is 2.62 bits per heavy atom. The van der Waals surface area contributed by atoms with Crippen LogP contribution in [0.25, 0.3) is 6.08 Å². The molecule has 0 fully saturated rings. The molecule has 0 amide bonds. The summed E-state index contributed by atoms with van der Waals surface area (Å²) in [4.78, 5) is 6.70. The van der Waals surface area contributed by atoms with Gasteiger partial charge in [-0.05, 0) is 80.6 Å². The number of hydrogen-bond acceptors (Lipinski definition) is 3. The van der Waals surface area contributed by atoms with Crippen molar-refractivity contribution in [3.8, 4) is 11.5 Å². The fourth-order valence-electron chi connectivity index (χ4n) is 3.58. The second kappa shape index (κ2) is 12.2. The molecule has 0 aliphatic carbocycles. The molecule has 172 valence electrons. The third-order valence-corrected chi connectivity index (χ3v) is 5.70. The van der Waals surface area contributed by atoms with E-state index < -0.39 is 0 Å². The number of unbranched alkanes of at least 4 members (excludes halogenated alkanes) is 2. The van der Waals surface area contributed by atoms with Gasteiger partial charge < -0.3 is 9.64 Å². The summed E-state index contributed by atoms with van der Waals surface area (Å²) in [5.74, 6) is 0.712. The maximum absolute atomic E-state index is 14.5. The second-order valence-electron chi connectivity index (χ2n) is 8.31. The van der Waals surface area contributed by atoms with Crippen LogP contribution in [0.15, 0.2) is 60.6 Å². The number of benzene rings is 1. The summed E-state index contributed by atoms with van der Waals surface area (Å²) in [7, 11) is 2.00. The van der Waals surface area contributed by atoms with Crippen molar-refractivity contribution in [3.05, 3.63) is 83.2 Å². The molecule has 0 bridgehead atoms. The van der Waals surface area contributed by atoms with Crippen LogP contribution in [-0.2, 0) is 0 Å². The molecule has 1 aromatic heterocycles. The molecule has 3 nitrogen and oxygen atoms in total. The van der Waals surface area contributed by atoms with Crippen molar-refractivity contribution < 1.29 is 9.13 Å². The zero-order valence-corrected chi connectivity index (χ0v) is 20.4. The maximum Gasteiger partial charge on any atom is 0.165 e. The molecule has 0 saturated heterocycles. The maximum atomic E-state index is 14.5. The van der Waals surface area contributed by atoms with E-state index in [4.69, 9.17) is 4.74 Å². The molecule has 0 N–H and O–H groups in total. The number of allylic oxidation sites excluding steroid dienone is 2. The van der Waals surface area contributed by atoms with E-state index in [9.17, 15) is 4.39 Å². The van der Waals surface area contributed by atoms with E-state index in [1.807, 2.05) is 37.2 Å². The first-order valence-corrected chi connectivity index (χ1v) is 11.5. The summed E-state index contributed by atoms with van der Waals surface area (Å²) < 4.78 is 20.5. The van der Waals surface area contributed by atoms with E-state index in [0.717, 1.165) is 53.8 Å². The van der Waals surface area contributed by atoms with Crippen molar-refractivity contribution in [2.45, 2.75) is 66.2 Å². The van der Waals surface area contributed by atoms with E-state index in [1.165, 1.54) is 6.07 Å². The largest absolute Gasteiger partial charge is 0.454 e. The van der Waals surface area contributed by atoms with Crippen LogP contribution in [0, 0.1) is 12.7 Å². The Kier molecular flexibility index (Phi) is 9.70. The highest BCUT2D eigenvalue weighted by atomic mass is 19.1. The third kappa shape index (κ3) is 6.56. The number of pyridine rings is 1. The average molecular weight is 437 g/mol. The van der Waals surface area contributed by atoms with Gasteiger partial charge in [0.2, 0.25) is 0 Å². The minimum Gasteiger partial charge on any atom is -0.454 e. The monoisotopic (exact) mass is 436 g/mol. The number of halogens is 1. The second-order valence-corrected chi connectivity index (χ2v) is 8.31. The molecule has 2 rings (SSSR count). The summed E-state index contributed by atoms with van der Waals surface area (Å²) in [5.41, 5.74) is 4.91. The van der Waals surface area contributed by atoms with Crippen molar-refractivity contribution >= 4 is 6.08 Å². The van der Waals surface area contributed by atoms with Gasteiger partial charge in [0, 0.05) is 24.5 Å². The topological polar surface area (TPSA) is 25.4 Å². The van der Waals surface area contributed by atoms with Gasteiger partial charge in [-0.15, -0.1) is 0 Å². The molecule has 4 heteroatoms. The summed E-state index contributed by atoms with van der Waals surface area (Å²) in [6, 6.07) is 6.84. The van der Waals surface area contributed by atoms with Crippen LogP contribution in [0.2, 0.25) is 0 Å². The molecule has 32 heavy (non-hydrogen) atoms. The average Bonchev–Trinajstić information content (AvgIpc) is 2.77. The number of ether oxygens (including phenoxy) is 1. The number of aromatic nitrogens is 1. The Balaban J connectivity index is 2.53.